The van der Waals surface area contributed by atoms with Gasteiger partial charge in [-0.05, 0) is 21.0 Å². The summed E-state index contributed by atoms with van der Waals surface area (Å²) in [4.78, 5) is 7.26. The van der Waals surface area contributed by atoms with Gasteiger partial charge in [-0.1, -0.05) is 11.3 Å². The third-order valence-corrected chi connectivity index (χ3v) is 4.35. The SMILES string of the molecule is CCNc1nnc(CN2CCN(CCN(C)C)CC2)s1. The summed E-state index contributed by atoms with van der Waals surface area (Å²) in [6, 6.07) is 0. The van der Waals surface area contributed by atoms with Gasteiger partial charge < -0.3 is 10.2 Å². The van der Waals surface area contributed by atoms with Crippen molar-refractivity contribution in [3.8, 4) is 0 Å². The first kappa shape index (κ1) is 15.6. The second-order valence-corrected chi connectivity index (χ2v) is 6.51. The zero-order chi connectivity index (χ0) is 14.4. The Bertz CT molecular complexity index is 386. The van der Waals surface area contributed by atoms with Crippen LogP contribution in [-0.4, -0.2) is 84.8 Å². The van der Waals surface area contributed by atoms with Crippen molar-refractivity contribution < 1.29 is 0 Å². The predicted octanol–water partition coefficient (Wildman–Crippen LogP) is 0.649. The maximum absolute atomic E-state index is 4.25. The number of rotatable bonds is 7. The van der Waals surface area contributed by atoms with Crippen molar-refractivity contribution >= 4 is 16.5 Å². The Morgan fingerprint density at radius 2 is 1.85 bits per heavy atom. The van der Waals surface area contributed by atoms with Crippen molar-refractivity contribution in [3.05, 3.63) is 5.01 Å². The third kappa shape index (κ3) is 4.97. The minimum Gasteiger partial charge on any atom is -0.360 e. The average molecular weight is 298 g/mol. The Morgan fingerprint density at radius 3 is 2.50 bits per heavy atom. The van der Waals surface area contributed by atoms with Crippen LogP contribution in [0.3, 0.4) is 0 Å². The Morgan fingerprint density at radius 1 is 1.15 bits per heavy atom. The van der Waals surface area contributed by atoms with E-state index >= 15 is 0 Å². The molecule has 2 rings (SSSR count). The molecule has 6 nitrogen and oxygen atoms in total. The molecule has 0 bridgehead atoms. The molecule has 0 aromatic carbocycles. The molecule has 0 atom stereocenters. The van der Waals surface area contributed by atoms with Crippen LogP contribution in [0.5, 0.6) is 0 Å². The minimum absolute atomic E-state index is 0.902. The van der Waals surface area contributed by atoms with Crippen LogP contribution in [0.15, 0.2) is 0 Å². The van der Waals surface area contributed by atoms with E-state index in [-0.39, 0.29) is 0 Å². The van der Waals surface area contributed by atoms with Gasteiger partial charge in [-0.15, -0.1) is 10.2 Å². The molecular formula is C13H26N6S. The van der Waals surface area contributed by atoms with E-state index in [0.29, 0.717) is 0 Å². The van der Waals surface area contributed by atoms with Crippen LogP contribution in [0.2, 0.25) is 0 Å². The quantitative estimate of drug-likeness (QED) is 0.797. The van der Waals surface area contributed by atoms with Crippen molar-refractivity contribution in [2.45, 2.75) is 13.5 Å². The van der Waals surface area contributed by atoms with Gasteiger partial charge in [-0.25, -0.2) is 0 Å². The molecule has 20 heavy (non-hydrogen) atoms. The van der Waals surface area contributed by atoms with Crippen LogP contribution >= 0.6 is 11.3 Å². The van der Waals surface area contributed by atoms with Crippen LogP contribution < -0.4 is 5.32 Å². The highest BCUT2D eigenvalue weighted by Crippen LogP contribution is 2.17. The van der Waals surface area contributed by atoms with Gasteiger partial charge in [-0.2, -0.15) is 0 Å². The molecule has 7 heteroatoms. The zero-order valence-electron chi connectivity index (χ0n) is 12.8. The lowest BCUT2D eigenvalue weighted by molar-refractivity contribution is 0.120. The molecular weight excluding hydrogens is 272 g/mol. The number of hydrogen-bond acceptors (Lipinski definition) is 7. The van der Waals surface area contributed by atoms with E-state index < -0.39 is 0 Å². The van der Waals surface area contributed by atoms with Gasteiger partial charge in [0.05, 0.1) is 6.54 Å². The Balaban J connectivity index is 1.70. The van der Waals surface area contributed by atoms with E-state index in [1.54, 1.807) is 11.3 Å². The Kier molecular flexibility index (Phi) is 6.15. The third-order valence-electron chi connectivity index (χ3n) is 3.48. The average Bonchev–Trinajstić information content (AvgIpc) is 2.86. The molecule has 1 saturated heterocycles. The smallest absolute Gasteiger partial charge is 0.205 e. The fourth-order valence-electron chi connectivity index (χ4n) is 2.24. The van der Waals surface area contributed by atoms with Crippen LogP contribution in [0, 0.1) is 0 Å². The molecule has 1 aliphatic heterocycles. The van der Waals surface area contributed by atoms with E-state index in [9.17, 15) is 0 Å². The summed E-state index contributed by atoms with van der Waals surface area (Å²) in [6.07, 6.45) is 0. The van der Waals surface area contributed by atoms with Crippen LogP contribution in [-0.2, 0) is 6.54 Å². The maximum atomic E-state index is 4.25. The largest absolute Gasteiger partial charge is 0.360 e. The van der Waals surface area contributed by atoms with Gasteiger partial charge in [0.2, 0.25) is 5.13 Å². The minimum atomic E-state index is 0.902. The first-order valence-electron chi connectivity index (χ1n) is 7.33. The van der Waals surface area contributed by atoms with E-state index in [2.05, 4.69) is 51.2 Å². The number of aromatic nitrogens is 2. The molecule has 1 N–H and O–H groups in total. The highest BCUT2D eigenvalue weighted by atomic mass is 32.1. The molecule has 0 spiro atoms. The van der Waals surface area contributed by atoms with Crippen molar-refractivity contribution in [1.29, 1.82) is 0 Å². The summed E-state index contributed by atoms with van der Waals surface area (Å²) in [6.45, 7) is 10.8. The van der Waals surface area contributed by atoms with Crippen LogP contribution in [0.4, 0.5) is 5.13 Å². The molecule has 0 aliphatic carbocycles. The second kappa shape index (κ2) is 7.87. The second-order valence-electron chi connectivity index (χ2n) is 5.45. The maximum Gasteiger partial charge on any atom is 0.205 e. The number of nitrogens with zero attached hydrogens (tertiary/aromatic N) is 5. The van der Waals surface area contributed by atoms with E-state index in [1.807, 2.05) is 0 Å². The molecule has 1 aromatic rings. The van der Waals surface area contributed by atoms with E-state index in [1.165, 1.54) is 6.54 Å². The van der Waals surface area contributed by atoms with Gasteiger partial charge in [0.25, 0.3) is 0 Å². The number of likely N-dealkylation sites (N-methyl/N-ethyl adjacent to an activating group) is 1. The van der Waals surface area contributed by atoms with Crippen molar-refractivity contribution in [2.75, 3.05) is 65.2 Å². The fourth-order valence-corrected chi connectivity index (χ4v) is 3.09. The van der Waals surface area contributed by atoms with Crippen LogP contribution in [0.1, 0.15) is 11.9 Å². The van der Waals surface area contributed by atoms with Crippen molar-refractivity contribution in [3.63, 3.8) is 0 Å². The zero-order valence-corrected chi connectivity index (χ0v) is 13.6. The van der Waals surface area contributed by atoms with Gasteiger partial charge in [-0.3, -0.25) is 9.80 Å². The van der Waals surface area contributed by atoms with Gasteiger partial charge >= 0.3 is 0 Å². The monoisotopic (exact) mass is 298 g/mol. The fraction of sp³-hybridized carbons (Fsp3) is 0.846. The Hall–Kier alpha value is -0.760. The number of piperazine rings is 1. The lowest BCUT2D eigenvalue weighted by Crippen LogP contribution is -2.47. The standard InChI is InChI=1S/C13H26N6S/c1-4-14-13-16-15-12(20-13)11-19-9-7-18(8-10-19)6-5-17(2)3/h4-11H2,1-3H3,(H,14,16). The molecule has 2 heterocycles. The summed E-state index contributed by atoms with van der Waals surface area (Å²) >= 11 is 1.67. The Labute approximate surface area is 125 Å². The number of nitrogens with one attached hydrogen (secondary N) is 1. The summed E-state index contributed by atoms with van der Waals surface area (Å²) in [5, 5.41) is 13.7. The topological polar surface area (TPSA) is 47.5 Å². The number of anilines is 1. The molecule has 0 saturated carbocycles. The van der Waals surface area contributed by atoms with Gasteiger partial charge in [0.15, 0.2) is 0 Å². The van der Waals surface area contributed by atoms with E-state index in [4.69, 9.17) is 0 Å². The predicted molar refractivity (Wildman–Crippen MR) is 84.3 cm³/mol. The van der Waals surface area contributed by atoms with Gasteiger partial charge in [0.1, 0.15) is 5.01 Å². The molecule has 1 fully saturated rings. The first-order valence-corrected chi connectivity index (χ1v) is 8.14. The molecule has 1 aromatic heterocycles. The normalized spacial score (nSPS) is 17.8. The van der Waals surface area contributed by atoms with Gasteiger partial charge in [0, 0.05) is 45.8 Å². The highest BCUT2D eigenvalue weighted by molar-refractivity contribution is 7.15. The summed E-state index contributed by atoms with van der Waals surface area (Å²) in [5.74, 6) is 0. The summed E-state index contributed by atoms with van der Waals surface area (Å²) < 4.78 is 0. The summed E-state index contributed by atoms with van der Waals surface area (Å²) in [5.41, 5.74) is 0. The first-order chi connectivity index (χ1) is 9.67. The molecule has 114 valence electrons. The lowest BCUT2D eigenvalue weighted by Gasteiger charge is -2.34. The van der Waals surface area contributed by atoms with E-state index in [0.717, 1.165) is 56.0 Å². The van der Waals surface area contributed by atoms with Crippen molar-refractivity contribution in [1.82, 2.24) is 24.9 Å². The lowest BCUT2D eigenvalue weighted by atomic mass is 10.3. The van der Waals surface area contributed by atoms with Crippen molar-refractivity contribution in [2.24, 2.45) is 0 Å². The molecule has 0 unspecified atom stereocenters. The number of hydrogen-bond donors (Lipinski definition) is 1. The molecule has 1 aliphatic rings. The molecule has 0 radical (unpaired) electrons. The molecule has 0 amide bonds. The summed E-state index contributed by atoms with van der Waals surface area (Å²) in [7, 11) is 4.27. The highest BCUT2D eigenvalue weighted by Gasteiger charge is 2.18. The van der Waals surface area contributed by atoms with Crippen LogP contribution in [0.25, 0.3) is 0 Å².